The molecule has 0 unspecified atom stereocenters. The van der Waals surface area contributed by atoms with Gasteiger partial charge in [0, 0.05) is 11.6 Å². The van der Waals surface area contributed by atoms with Gasteiger partial charge < -0.3 is 5.32 Å². The van der Waals surface area contributed by atoms with Crippen LogP contribution in [0.5, 0.6) is 0 Å². The van der Waals surface area contributed by atoms with Crippen LogP contribution in [-0.2, 0) is 4.79 Å². The first kappa shape index (κ1) is 12.5. The summed E-state index contributed by atoms with van der Waals surface area (Å²) in [7, 11) is 0. The second-order valence-electron chi connectivity index (χ2n) is 4.77. The molecule has 0 saturated carbocycles. The predicted molar refractivity (Wildman–Crippen MR) is 74.3 cm³/mol. The molecule has 1 heterocycles. The number of nitrogens with zero attached hydrogens (tertiary/aromatic N) is 4. The Morgan fingerprint density at radius 1 is 1.25 bits per heavy atom. The normalized spacial score (nSPS) is 17.9. The lowest BCUT2D eigenvalue weighted by molar-refractivity contribution is -0.120. The third-order valence-electron chi connectivity index (χ3n) is 3.39. The van der Waals surface area contributed by atoms with Gasteiger partial charge in [0.2, 0.25) is 5.91 Å². The molecule has 2 aromatic rings. The number of amides is 1. The molecule has 1 aromatic carbocycles. The fraction of sp³-hybridized carbons (Fsp3) is 0.286. The largest absolute Gasteiger partial charge is 0.326 e. The SMILES string of the molecule is O=C(Nc1ccc(-n2cnnn2)cc1)[C@@H]1CC=CCC1. The first-order valence-corrected chi connectivity index (χ1v) is 6.62. The molecule has 0 spiro atoms. The molecule has 0 saturated heterocycles. The Balaban J connectivity index is 1.66. The molecule has 0 aliphatic heterocycles. The van der Waals surface area contributed by atoms with Crippen LogP contribution in [0.25, 0.3) is 5.69 Å². The van der Waals surface area contributed by atoms with Crippen LogP contribution >= 0.6 is 0 Å². The van der Waals surface area contributed by atoms with Gasteiger partial charge in [0.05, 0.1) is 5.69 Å². The molecule has 3 rings (SSSR count). The summed E-state index contributed by atoms with van der Waals surface area (Å²) in [5, 5.41) is 13.9. The summed E-state index contributed by atoms with van der Waals surface area (Å²) in [5.74, 6) is 0.170. The third kappa shape index (κ3) is 2.74. The number of benzene rings is 1. The molecule has 1 atom stereocenters. The van der Waals surface area contributed by atoms with Crippen LogP contribution < -0.4 is 5.32 Å². The maximum atomic E-state index is 12.1. The van der Waals surface area contributed by atoms with Crippen molar-refractivity contribution in [2.75, 3.05) is 5.32 Å². The van der Waals surface area contributed by atoms with Crippen molar-refractivity contribution in [3.63, 3.8) is 0 Å². The minimum absolute atomic E-state index is 0.0826. The summed E-state index contributed by atoms with van der Waals surface area (Å²) in [6, 6.07) is 7.45. The molecule has 1 amide bonds. The molecule has 6 nitrogen and oxygen atoms in total. The number of rotatable bonds is 3. The summed E-state index contributed by atoms with van der Waals surface area (Å²) in [6.45, 7) is 0. The zero-order chi connectivity index (χ0) is 13.8. The van der Waals surface area contributed by atoms with Gasteiger partial charge in [0.25, 0.3) is 0 Å². The molecular formula is C14H15N5O. The average Bonchev–Trinajstić information content (AvgIpc) is 3.03. The molecular weight excluding hydrogens is 254 g/mol. The van der Waals surface area contributed by atoms with E-state index in [9.17, 15) is 4.79 Å². The zero-order valence-electron chi connectivity index (χ0n) is 10.9. The second-order valence-corrected chi connectivity index (χ2v) is 4.77. The predicted octanol–water partition coefficient (Wildman–Crippen LogP) is 1.96. The Labute approximate surface area is 116 Å². The smallest absolute Gasteiger partial charge is 0.227 e. The van der Waals surface area contributed by atoms with Gasteiger partial charge in [-0.15, -0.1) is 5.10 Å². The number of carbonyl (C=O) groups is 1. The van der Waals surface area contributed by atoms with Crippen molar-refractivity contribution in [2.45, 2.75) is 19.3 Å². The highest BCUT2D eigenvalue weighted by molar-refractivity contribution is 5.92. The van der Waals surface area contributed by atoms with Gasteiger partial charge in [0.1, 0.15) is 6.33 Å². The fourth-order valence-corrected chi connectivity index (χ4v) is 2.25. The lowest BCUT2D eigenvalue weighted by Crippen LogP contribution is -2.23. The number of allylic oxidation sites excluding steroid dienone is 2. The van der Waals surface area contributed by atoms with Crippen LogP contribution in [0.3, 0.4) is 0 Å². The molecule has 0 fully saturated rings. The van der Waals surface area contributed by atoms with Gasteiger partial charge in [-0.25, -0.2) is 4.68 Å². The maximum Gasteiger partial charge on any atom is 0.227 e. The Morgan fingerprint density at radius 2 is 2.10 bits per heavy atom. The van der Waals surface area contributed by atoms with Gasteiger partial charge in [-0.1, -0.05) is 12.2 Å². The van der Waals surface area contributed by atoms with E-state index >= 15 is 0 Å². The van der Waals surface area contributed by atoms with Gasteiger partial charge in [-0.2, -0.15) is 0 Å². The van der Waals surface area contributed by atoms with E-state index in [-0.39, 0.29) is 11.8 Å². The van der Waals surface area contributed by atoms with Crippen molar-refractivity contribution in [1.82, 2.24) is 20.2 Å². The van der Waals surface area contributed by atoms with Crippen molar-refractivity contribution in [3.8, 4) is 5.69 Å². The van der Waals surface area contributed by atoms with Crippen molar-refractivity contribution < 1.29 is 4.79 Å². The molecule has 1 aromatic heterocycles. The molecule has 1 N–H and O–H groups in total. The van der Waals surface area contributed by atoms with Gasteiger partial charge in [0.15, 0.2) is 0 Å². The fourth-order valence-electron chi connectivity index (χ4n) is 2.25. The van der Waals surface area contributed by atoms with E-state index in [2.05, 4.69) is 33.0 Å². The lowest BCUT2D eigenvalue weighted by Gasteiger charge is -2.17. The number of anilines is 1. The van der Waals surface area contributed by atoms with E-state index in [0.29, 0.717) is 0 Å². The topological polar surface area (TPSA) is 72.7 Å². The number of hydrogen-bond donors (Lipinski definition) is 1. The molecule has 102 valence electrons. The van der Waals surface area contributed by atoms with Crippen molar-refractivity contribution in [1.29, 1.82) is 0 Å². The Bertz CT molecular complexity index is 603. The zero-order valence-corrected chi connectivity index (χ0v) is 10.9. The van der Waals surface area contributed by atoms with Gasteiger partial charge in [-0.3, -0.25) is 4.79 Å². The number of nitrogens with one attached hydrogen (secondary N) is 1. The minimum Gasteiger partial charge on any atom is -0.326 e. The van der Waals surface area contributed by atoms with Gasteiger partial charge >= 0.3 is 0 Å². The second kappa shape index (κ2) is 5.64. The van der Waals surface area contributed by atoms with E-state index in [4.69, 9.17) is 0 Å². The number of aromatic nitrogens is 4. The highest BCUT2D eigenvalue weighted by Crippen LogP contribution is 2.20. The Hall–Kier alpha value is -2.50. The van der Waals surface area contributed by atoms with E-state index < -0.39 is 0 Å². The molecule has 0 radical (unpaired) electrons. The van der Waals surface area contributed by atoms with E-state index in [1.54, 1.807) is 4.68 Å². The molecule has 1 aliphatic carbocycles. The summed E-state index contributed by atoms with van der Waals surface area (Å²) < 4.78 is 1.57. The number of carbonyl (C=O) groups excluding carboxylic acids is 1. The first-order chi connectivity index (χ1) is 9.83. The summed E-state index contributed by atoms with van der Waals surface area (Å²) >= 11 is 0. The summed E-state index contributed by atoms with van der Waals surface area (Å²) in [6.07, 6.45) is 8.47. The highest BCUT2D eigenvalue weighted by atomic mass is 16.1. The monoisotopic (exact) mass is 269 g/mol. The first-order valence-electron chi connectivity index (χ1n) is 6.62. The van der Waals surface area contributed by atoms with Gasteiger partial charge in [-0.05, 0) is 54.0 Å². The van der Waals surface area contributed by atoms with Crippen LogP contribution in [0.1, 0.15) is 19.3 Å². The summed E-state index contributed by atoms with van der Waals surface area (Å²) in [5.41, 5.74) is 1.65. The van der Waals surface area contributed by atoms with E-state index in [0.717, 1.165) is 30.6 Å². The Morgan fingerprint density at radius 3 is 2.75 bits per heavy atom. The number of tetrazole rings is 1. The van der Waals surface area contributed by atoms with Crippen LogP contribution in [0.2, 0.25) is 0 Å². The quantitative estimate of drug-likeness (QED) is 0.864. The Kier molecular flexibility index (Phi) is 3.54. The van der Waals surface area contributed by atoms with Crippen LogP contribution in [-0.4, -0.2) is 26.1 Å². The number of hydrogen-bond acceptors (Lipinski definition) is 4. The average molecular weight is 269 g/mol. The molecule has 6 heteroatoms. The molecule has 20 heavy (non-hydrogen) atoms. The highest BCUT2D eigenvalue weighted by Gasteiger charge is 2.18. The van der Waals surface area contributed by atoms with E-state index in [1.165, 1.54) is 6.33 Å². The maximum absolute atomic E-state index is 12.1. The summed E-state index contributed by atoms with van der Waals surface area (Å²) in [4.78, 5) is 12.1. The molecule has 0 bridgehead atoms. The van der Waals surface area contributed by atoms with E-state index in [1.807, 2.05) is 24.3 Å². The third-order valence-corrected chi connectivity index (χ3v) is 3.39. The van der Waals surface area contributed by atoms with Crippen molar-refractivity contribution >= 4 is 11.6 Å². The standard InChI is InChI=1S/C14H15N5O/c20-14(11-4-2-1-3-5-11)16-12-6-8-13(9-7-12)19-10-15-17-18-19/h1-2,6-11H,3-5H2,(H,16,20)/t11-/m1/s1. The minimum atomic E-state index is 0.0826. The van der Waals surface area contributed by atoms with Crippen LogP contribution in [0.15, 0.2) is 42.7 Å². The van der Waals surface area contributed by atoms with Crippen LogP contribution in [0, 0.1) is 5.92 Å². The van der Waals surface area contributed by atoms with Crippen LogP contribution in [0.4, 0.5) is 5.69 Å². The van der Waals surface area contributed by atoms with Crippen molar-refractivity contribution in [3.05, 3.63) is 42.7 Å². The lowest BCUT2D eigenvalue weighted by atomic mass is 9.93. The van der Waals surface area contributed by atoms with Crippen molar-refractivity contribution in [2.24, 2.45) is 5.92 Å². The molecule has 1 aliphatic rings.